The molecular weight excluding hydrogens is 264 g/mol. The van der Waals surface area contributed by atoms with Crippen LogP contribution in [0.25, 0.3) is 0 Å². The second kappa shape index (κ2) is 6.98. The predicted molar refractivity (Wildman–Crippen MR) is 73.8 cm³/mol. The van der Waals surface area contributed by atoms with E-state index in [2.05, 4.69) is 16.8 Å². The number of morpholine rings is 1. The van der Waals surface area contributed by atoms with Gasteiger partial charge in [-0.25, -0.2) is 9.78 Å². The second-order valence-corrected chi connectivity index (χ2v) is 5.76. The summed E-state index contributed by atoms with van der Waals surface area (Å²) in [5, 5.41) is 10.1. The molecule has 1 N–H and O–H groups in total. The summed E-state index contributed by atoms with van der Waals surface area (Å²) in [6, 6.07) is 0. The summed E-state index contributed by atoms with van der Waals surface area (Å²) in [7, 11) is 0. The molecule has 0 aliphatic carbocycles. The Morgan fingerprint density at radius 3 is 2.84 bits per heavy atom. The third-order valence-electron chi connectivity index (χ3n) is 3.17. The van der Waals surface area contributed by atoms with Crippen LogP contribution in [0.1, 0.15) is 40.1 Å². The molecule has 1 aliphatic heterocycles. The number of ether oxygens (including phenoxy) is 1. The quantitative estimate of drug-likeness (QED) is 0.866. The average Bonchev–Trinajstić information content (AvgIpc) is 2.80. The highest BCUT2D eigenvalue weighted by molar-refractivity contribution is 7.13. The maximum absolute atomic E-state index is 11.2. The fourth-order valence-corrected chi connectivity index (χ4v) is 3.09. The number of carbonyl (C=O) groups is 1. The van der Waals surface area contributed by atoms with Gasteiger partial charge in [-0.3, -0.25) is 4.90 Å². The van der Waals surface area contributed by atoms with E-state index < -0.39 is 5.97 Å². The lowest BCUT2D eigenvalue weighted by Gasteiger charge is -2.25. The standard InChI is InChI=1S/C13H20N2O3S/c1-2-3-4-10-12(13(16)17)19-11(14-10)9-15-5-7-18-8-6-15/h2-9H2,1H3,(H,16,17). The first-order valence-corrected chi connectivity index (χ1v) is 7.54. The highest BCUT2D eigenvalue weighted by Gasteiger charge is 2.19. The van der Waals surface area contributed by atoms with Gasteiger partial charge in [-0.05, 0) is 12.8 Å². The third kappa shape index (κ3) is 3.99. The van der Waals surface area contributed by atoms with Crippen LogP contribution in [0.5, 0.6) is 0 Å². The number of rotatable bonds is 6. The number of carboxylic acid groups (broad SMARTS) is 1. The number of hydrogen-bond donors (Lipinski definition) is 1. The Morgan fingerprint density at radius 2 is 2.21 bits per heavy atom. The Labute approximate surface area is 117 Å². The Morgan fingerprint density at radius 1 is 1.47 bits per heavy atom. The van der Waals surface area contributed by atoms with Gasteiger partial charge in [0, 0.05) is 13.1 Å². The van der Waals surface area contributed by atoms with Crippen LogP contribution in [0.15, 0.2) is 0 Å². The summed E-state index contributed by atoms with van der Waals surface area (Å²) < 4.78 is 5.30. The van der Waals surface area contributed by atoms with Crippen molar-refractivity contribution in [3.63, 3.8) is 0 Å². The van der Waals surface area contributed by atoms with Crippen molar-refractivity contribution in [3.05, 3.63) is 15.6 Å². The Bertz CT molecular complexity index is 428. The SMILES string of the molecule is CCCCc1nc(CN2CCOCC2)sc1C(=O)O. The van der Waals surface area contributed by atoms with Crippen LogP contribution in [-0.4, -0.2) is 47.3 Å². The topological polar surface area (TPSA) is 62.7 Å². The minimum absolute atomic E-state index is 0.414. The smallest absolute Gasteiger partial charge is 0.347 e. The fourth-order valence-electron chi connectivity index (χ4n) is 2.10. The van der Waals surface area contributed by atoms with Crippen molar-refractivity contribution in [1.29, 1.82) is 0 Å². The van der Waals surface area contributed by atoms with Crippen molar-refractivity contribution in [1.82, 2.24) is 9.88 Å². The Balaban J connectivity index is 2.05. The molecule has 1 aromatic rings. The maximum atomic E-state index is 11.2. The number of thiazole rings is 1. The Kier molecular flexibility index (Phi) is 5.30. The van der Waals surface area contributed by atoms with E-state index in [1.54, 1.807) is 0 Å². The van der Waals surface area contributed by atoms with Crippen LogP contribution < -0.4 is 0 Å². The molecule has 0 radical (unpaired) electrons. The minimum atomic E-state index is -0.850. The van der Waals surface area contributed by atoms with E-state index in [1.807, 2.05) is 0 Å². The van der Waals surface area contributed by atoms with E-state index in [0.717, 1.165) is 62.8 Å². The molecule has 0 bridgehead atoms. The number of nitrogens with zero attached hydrogens (tertiary/aromatic N) is 2. The van der Waals surface area contributed by atoms with Crippen molar-refractivity contribution in [2.24, 2.45) is 0 Å². The lowest BCUT2D eigenvalue weighted by molar-refractivity contribution is 0.0341. The molecule has 1 saturated heterocycles. The zero-order valence-corrected chi connectivity index (χ0v) is 12.0. The first-order chi connectivity index (χ1) is 9.20. The lowest BCUT2D eigenvalue weighted by Crippen LogP contribution is -2.35. The fraction of sp³-hybridized carbons (Fsp3) is 0.692. The minimum Gasteiger partial charge on any atom is -0.477 e. The average molecular weight is 284 g/mol. The summed E-state index contributed by atoms with van der Waals surface area (Å²) in [5.74, 6) is -0.850. The molecule has 6 heteroatoms. The highest BCUT2D eigenvalue weighted by Crippen LogP contribution is 2.22. The lowest BCUT2D eigenvalue weighted by atomic mass is 10.2. The number of aryl methyl sites for hydroxylation is 1. The van der Waals surface area contributed by atoms with Gasteiger partial charge in [-0.15, -0.1) is 11.3 Å². The van der Waals surface area contributed by atoms with E-state index in [0.29, 0.717) is 4.88 Å². The molecule has 1 aliphatic rings. The highest BCUT2D eigenvalue weighted by atomic mass is 32.1. The van der Waals surface area contributed by atoms with Gasteiger partial charge in [0.1, 0.15) is 9.88 Å². The number of hydrogen-bond acceptors (Lipinski definition) is 5. The van der Waals surface area contributed by atoms with Crippen LogP contribution in [0.4, 0.5) is 0 Å². The zero-order chi connectivity index (χ0) is 13.7. The molecular formula is C13H20N2O3S. The molecule has 0 amide bonds. The molecule has 1 aromatic heterocycles. The maximum Gasteiger partial charge on any atom is 0.347 e. The van der Waals surface area contributed by atoms with Gasteiger partial charge < -0.3 is 9.84 Å². The summed E-state index contributed by atoms with van der Waals surface area (Å²) in [6.07, 6.45) is 2.80. The van der Waals surface area contributed by atoms with Crippen LogP contribution in [0.3, 0.4) is 0 Å². The number of unbranched alkanes of at least 4 members (excludes halogenated alkanes) is 1. The largest absolute Gasteiger partial charge is 0.477 e. The van der Waals surface area contributed by atoms with Gasteiger partial charge >= 0.3 is 5.97 Å². The summed E-state index contributed by atoms with van der Waals surface area (Å²) >= 11 is 1.32. The van der Waals surface area contributed by atoms with Gasteiger partial charge in [0.2, 0.25) is 0 Å². The Hall–Kier alpha value is -0.980. The van der Waals surface area contributed by atoms with Gasteiger partial charge in [0.25, 0.3) is 0 Å². The van der Waals surface area contributed by atoms with E-state index in [4.69, 9.17) is 4.74 Å². The van der Waals surface area contributed by atoms with Crippen LogP contribution in [-0.2, 0) is 17.7 Å². The van der Waals surface area contributed by atoms with Gasteiger partial charge in [0.15, 0.2) is 0 Å². The molecule has 0 saturated carbocycles. The van der Waals surface area contributed by atoms with E-state index in [1.165, 1.54) is 11.3 Å². The van der Waals surface area contributed by atoms with Crippen molar-refractivity contribution in [3.8, 4) is 0 Å². The van der Waals surface area contributed by atoms with E-state index in [9.17, 15) is 9.90 Å². The summed E-state index contributed by atoms with van der Waals surface area (Å²) in [4.78, 5) is 18.4. The molecule has 1 fully saturated rings. The summed E-state index contributed by atoms with van der Waals surface area (Å²) in [5.41, 5.74) is 0.752. The van der Waals surface area contributed by atoms with Gasteiger partial charge in [-0.1, -0.05) is 13.3 Å². The molecule has 5 nitrogen and oxygen atoms in total. The van der Waals surface area contributed by atoms with Crippen molar-refractivity contribution in [2.75, 3.05) is 26.3 Å². The monoisotopic (exact) mass is 284 g/mol. The van der Waals surface area contributed by atoms with E-state index in [-0.39, 0.29) is 0 Å². The molecule has 0 unspecified atom stereocenters. The molecule has 0 spiro atoms. The van der Waals surface area contributed by atoms with Crippen molar-refractivity contribution >= 4 is 17.3 Å². The first kappa shape index (κ1) is 14.4. The molecule has 19 heavy (non-hydrogen) atoms. The third-order valence-corrected chi connectivity index (χ3v) is 4.24. The molecule has 2 heterocycles. The molecule has 0 aromatic carbocycles. The molecule has 106 valence electrons. The zero-order valence-electron chi connectivity index (χ0n) is 11.2. The summed E-state index contributed by atoms with van der Waals surface area (Å²) in [6.45, 7) is 6.13. The molecule has 0 atom stereocenters. The predicted octanol–water partition coefficient (Wildman–Crippen LogP) is 2.02. The van der Waals surface area contributed by atoms with Crippen molar-refractivity contribution in [2.45, 2.75) is 32.7 Å². The number of carboxylic acids is 1. The first-order valence-electron chi connectivity index (χ1n) is 6.72. The number of aromatic carboxylic acids is 1. The van der Waals surface area contributed by atoms with Crippen molar-refractivity contribution < 1.29 is 14.6 Å². The second-order valence-electron chi connectivity index (χ2n) is 4.68. The molecule has 2 rings (SSSR count). The van der Waals surface area contributed by atoms with Crippen LogP contribution >= 0.6 is 11.3 Å². The van der Waals surface area contributed by atoms with Gasteiger partial charge in [0.05, 0.1) is 25.5 Å². The van der Waals surface area contributed by atoms with Gasteiger partial charge in [-0.2, -0.15) is 0 Å². The normalized spacial score (nSPS) is 16.7. The van der Waals surface area contributed by atoms with Crippen LogP contribution in [0, 0.1) is 0 Å². The number of aromatic nitrogens is 1. The van der Waals surface area contributed by atoms with E-state index >= 15 is 0 Å². The van der Waals surface area contributed by atoms with Crippen LogP contribution in [0.2, 0.25) is 0 Å².